The molecule has 0 unspecified atom stereocenters. The third kappa shape index (κ3) is 119. The smallest absolute Gasteiger partial charge is 0.549 e. The van der Waals surface area contributed by atoms with Crippen molar-refractivity contribution in [3.8, 4) is 0 Å². The molecule has 22 heteroatoms. The van der Waals surface area contributed by atoms with Crippen molar-refractivity contribution in [1.82, 2.24) is 27.4 Å². The number of carbonyl (C=O) groups excluding carboxylic acids is 5. The van der Waals surface area contributed by atoms with Crippen LogP contribution in [0.15, 0.2) is 0 Å². The maximum Gasteiger partial charge on any atom is 3.00 e. The van der Waals surface area contributed by atoms with Crippen molar-refractivity contribution in [1.29, 1.82) is 0 Å². The number of hydroxylamine groups is 5. The molecule has 0 atom stereocenters. The van der Waals surface area contributed by atoms with E-state index < -0.39 is 62.6 Å². The van der Waals surface area contributed by atoms with Crippen molar-refractivity contribution >= 4 is 70.3 Å². The Morgan fingerprint density at radius 3 is 0.531 bits per heavy atom. The van der Waals surface area contributed by atoms with Gasteiger partial charge in [-0.2, -0.15) is 27.4 Å². The summed E-state index contributed by atoms with van der Waals surface area (Å²) in [6.07, 6.45) is 0. The molecule has 0 aliphatic heterocycles. The second-order valence-electron chi connectivity index (χ2n) is 3.53. The van der Waals surface area contributed by atoms with Crippen molar-refractivity contribution in [2.45, 2.75) is 0 Å². The third-order valence-corrected chi connectivity index (χ3v) is 1.12. The summed E-state index contributed by atoms with van der Waals surface area (Å²) in [6, 6.07) is 0. The molecule has 0 saturated carbocycles. The number of nitrogens with one attached hydrogen (secondary N) is 5. The molecule has 0 radical (unpaired) electrons. The predicted octanol–water partition coefficient (Wildman–Crippen LogP) is -12.2. The Morgan fingerprint density at radius 2 is 0.531 bits per heavy atom. The van der Waals surface area contributed by atoms with Gasteiger partial charge in [0.1, 0.15) is 0 Å². The molecule has 0 aromatic rings. The van der Waals surface area contributed by atoms with Gasteiger partial charge in [-0.3, -0.25) is 0 Å². The average Bonchev–Trinajstić information content (AvgIpc) is 2.56. The van der Waals surface area contributed by atoms with Crippen LogP contribution in [0.3, 0.4) is 0 Å². The number of carboxylic acid groups (broad SMARTS) is 5. The minimum atomic E-state index is -1.32. The molecule has 0 spiro atoms. The zero-order valence-electron chi connectivity index (χ0n) is 16.1. The van der Waals surface area contributed by atoms with Crippen molar-refractivity contribution in [2.24, 2.45) is 0 Å². The fourth-order valence-corrected chi connectivity index (χ4v) is 0.323. The summed E-state index contributed by atoms with van der Waals surface area (Å²) < 4.78 is 0. The largest absolute Gasteiger partial charge is 3.00 e. The Kier molecular flexibility index (Phi) is 64.6. The third-order valence-electron chi connectivity index (χ3n) is 1.12. The first kappa shape index (κ1) is 47.9. The van der Waals surface area contributed by atoms with Gasteiger partial charge in [0, 0.05) is 0 Å². The van der Waals surface area contributed by atoms with E-state index in [2.05, 4.69) is 0 Å². The summed E-state index contributed by atoms with van der Waals surface area (Å²) >= 11 is 0. The maximum absolute atomic E-state index is 9.27. The van der Waals surface area contributed by atoms with Gasteiger partial charge in [-0.1, -0.05) is 0 Å². The molecule has 0 fully saturated rings. The number of aliphatic carboxylic acids is 5. The van der Waals surface area contributed by atoms with Gasteiger partial charge in [0.15, 0.2) is 0 Å². The Bertz CT molecular complexity index is 369. The molecule has 20 nitrogen and oxygen atoms in total. The van der Waals surface area contributed by atoms with Crippen molar-refractivity contribution in [3.05, 3.63) is 0 Å². The van der Waals surface area contributed by atoms with Gasteiger partial charge in [-0.05, 0) is 0 Å². The Balaban J connectivity index is -0.0000000481. The summed E-state index contributed by atoms with van der Waals surface area (Å²) in [5, 5.41) is 84.2. The molecule has 32 heavy (non-hydrogen) atoms. The van der Waals surface area contributed by atoms with Crippen LogP contribution in [0.25, 0.3) is 0 Å². The van der Waals surface area contributed by atoms with Crippen molar-refractivity contribution < 1.29 is 75.5 Å². The predicted molar refractivity (Wildman–Crippen MR) is 85.5 cm³/mol. The fourth-order valence-electron chi connectivity index (χ4n) is 0.323. The normalized spacial score (nSPS) is 7.66. The van der Waals surface area contributed by atoms with Gasteiger partial charge in [0.25, 0.3) is 0 Å². The molecule has 0 aliphatic rings. The van der Waals surface area contributed by atoms with Crippen LogP contribution in [0.5, 0.6) is 0 Å². The summed E-state index contributed by atoms with van der Waals surface area (Å²) in [7, 11) is 0. The summed E-state index contributed by atoms with van der Waals surface area (Å²) in [5.74, 6) is -6.61. The molecular weight excluding hydrogens is 481 g/mol. The molecule has 0 aliphatic carbocycles. The molecule has 0 aromatic carbocycles. The molecule has 0 aromatic heterocycles. The fraction of sp³-hybridized carbons (Fsp3) is 0.500. The van der Waals surface area contributed by atoms with Crippen LogP contribution in [-0.4, -0.2) is 129 Å². The number of carboxylic acids is 5. The summed E-state index contributed by atoms with van der Waals surface area (Å²) in [4.78, 5) is 46.3. The SMILES string of the molecule is O=C([O-])CNO.O=C([O-])CNO.O=C([O-])CNO.O=C([O-])CNO.O=C([O-])CNO.[Al+3].[Mg+2]. The Hall–Kier alpha value is -1.75. The molecule has 0 bridgehead atoms. The van der Waals surface area contributed by atoms with Gasteiger partial charge in [0.05, 0.1) is 62.6 Å². The second kappa shape index (κ2) is 43.2. The van der Waals surface area contributed by atoms with Crippen LogP contribution in [0.4, 0.5) is 0 Å². The second-order valence-corrected chi connectivity index (χ2v) is 3.53. The van der Waals surface area contributed by atoms with E-state index in [0.717, 1.165) is 0 Å². The van der Waals surface area contributed by atoms with E-state index >= 15 is 0 Å². The first-order valence-corrected chi connectivity index (χ1v) is 6.69. The number of hydrogen-bond donors (Lipinski definition) is 10. The number of carbonyl (C=O) groups is 5. The van der Waals surface area contributed by atoms with Crippen molar-refractivity contribution in [2.75, 3.05) is 32.7 Å². The van der Waals surface area contributed by atoms with Gasteiger partial charge in [-0.15, -0.1) is 0 Å². The first-order valence-electron chi connectivity index (χ1n) is 6.69. The van der Waals surface area contributed by atoms with E-state index in [4.69, 9.17) is 26.0 Å². The van der Waals surface area contributed by atoms with Crippen LogP contribution in [0.2, 0.25) is 0 Å². The van der Waals surface area contributed by atoms with Gasteiger partial charge >= 0.3 is 40.4 Å². The van der Waals surface area contributed by atoms with E-state index in [1.807, 2.05) is 0 Å². The zero-order chi connectivity index (χ0) is 25.0. The first-order chi connectivity index (χ1) is 13.9. The Labute approximate surface area is 205 Å². The minimum Gasteiger partial charge on any atom is -0.549 e. The maximum atomic E-state index is 9.27. The van der Waals surface area contributed by atoms with E-state index in [-0.39, 0.29) is 40.4 Å². The average molecular weight is 502 g/mol. The molecule has 180 valence electrons. The molecular formula is C10H20AlMgN5O15. The summed E-state index contributed by atoms with van der Waals surface area (Å²) in [5.41, 5.74) is 7.03. The van der Waals surface area contributed by atoms with Crippen LogP contribution < -0.4 is 52.9 Å². The number of rotatable bonds is 10. The van der Waals surface area contributed by atoms with E-state index in [9.17, 15) is 49.5 Å². The van der Waals surface area contributed by atoms with Crippen molar-refractivity contribution in [3.63, 3.8) is 0 Å². The topological polar surface area (TPSA) is 362 Å². The Morgan fingerprint density at radius 1 is 0.438 bits per heavy atom. The quantitative estimate of drug-likeness (QED) is 0.0979. The zero-order valence-corrected chi connectivity index (χ0v) is 18.7. The number of hydrogen-bond acceptors (Lipinski definition) is 20. The molecule has 0 heterocycles. The van der Waals surface area contributed by atoms with E-state index in [1.54, 1.807) is 0 Å². The van der Waals surface area contributed by atoms with E-state index in [0.29, 0.717) is 0 Å². The minimum absolute atomic E-state index is 0. The van der Waals surface area contributed by atoms with Crippen LogP contribution in [-0.2, 0) is 24.0 Å². The van der Waals surface area contributed by atoms with Gasteiger partial charge in [-0.25, -0.2) is 0 Å². The molecule has 10 N–H and O–H groups in total. The molecule has 0 amide bonds. The monoisotopic (exact) mass is 501 g/mol. The van der Waals surface area contributed by atoms with Gasteiger partial charge in [0.2, 0.25) is 0 Å². The summed E-state index contributed by atoms with van der Waals surface area (Å²) in [6.45, 7) is -2.57. The van der Waals surface area contributed by atoms with Gasteiger partial charge < -0.3 is 75.5 Å². The van der Waals surface area contributed by atoms with Crippen LogP contribution in [0.1, 0.15) is 0 Å². The molecule has 0 rings (SSSR count). The standard InChI is InChI=1S/5C2H5NO3.Al.Mg/c5*4-2(5)1-3-6;;/h5*3,6H,1H2,(H,4,5);;/q;;;;;+3;+2/p-5. The molecule has 0 saturated heterocycles. The van der Waals surface area contributed by atoms with Crippen LogP contribution in [0, 0.1) is 0 Å². The van der Waals surface area contributed by atoms with E-state index in [1.165, 1.54) is 27.4 Å². The van der Waals surface area contributed by atoms with Crippen LogP contribution >= 0.6 is 0 Å².